The molecule has 1 aromatic carbocycles. The van der Waals surface area contributed by atoms with E-state index in [1.54, 1.807) is 18.2 Å². The fourth-order valence-electron chi connectivity index (χ4n) is 3.02. The molecule has 0 aliphatic carbocycles. The van der Waals surface area contributed by atoms with E-state index in [1.165, 1.54) is 0 Å². The molecule has 26 heavy (non-hydrogen) atoms. The lowest BCUT2D eigenvalue weighted by atomic mass is 10.1. The summed E-state index contributed by atoms with van der Waals surface area (Å²) in [6.45, 7) is 1.86. The van der Waals surface area contributed by atoms with E-state index >= 15 is 0 Å². The van der Waals surface area contributed by atoms with Gasteiger partial charge in [0.1, 0.15) is 5.75 Å². The number of ether oxygens (including phenoxy) is 2. The molecule has 0 spiro atoms. The highest BCUT2D eigenvalue weighted by molar-refractivity contribution is 5.91. The smallest absolute Gasteiger partial charge is 0.322 e. The molecule has 2 heterocycles. The third kappa shape index (κ3) is 4.95. The van der Waals surface area contributed by atoms with Gasteiger partial charge in [-0.2, -0.15) is 0 Å². The molecule has 6 heteroatoms. The molecule has 6 nitrogen and oxygen atoms in total. The first-order chi connectivity index (χ1) is 12.8. The third-order valence-electron chi connectivity index (χ3n) is 4.47. The molecule has 3 rings (SSSR count). The van der Waals surface area contributed by atoms with E-state index in [9.17, 15) is 4.79 Å². The SMILES string of the molecule is CO[C@@H]1CCCN(C(=O)Nc2ccccc2OCCc2ccccn2)C1. The van der Waals surface area contributed by atoms with Crippen molar-refractivity contribution in [3.05, 3.63) is 54.4 Å². The number of hydrogen-bond donors (Lipinski definition) is 1. The summed E-state index contributed by atoms with van der Waals surface area (Å²) in [5.41, 5.74) is 1.66. The summed E-state index contributed by atoms with van der Waals surface area (Å²) in [6.07, 6.45) is 4.54. The predicted molar refractivity (Wildman–Crippen MR) is 101 cm³/mol. The zero-order valence-corrected chi connectivity index (χ0v) is 15.1. The lowest BCUT2D eigenvalue weighted by molar-refractivity contribution is 0.0458. The van der Waals surface area contributed by atoms with E-state index in [4.69, 9.17) is 9.47 Å². The van der Waals surface area contributed by atoms with Crippen molar-refractivity contribution in [3.63, 3.8) is 0 Å². The summed E-state index contributed by atoms with van der Waals surface area (Å²) in [5.74, 6) is 0.664. The second-order valence-corrected chi connectivity index (χ2v) is 6.29. The molecule has 0 bridgehead atoms. The molecule has 1 aliphatic heterocycles. The number of piperidine rings is 1. The first-order valence-electron chi connectivity index (χ1n) is 8.96. The molecule has 1 atom stereocenters. The number of carbonyl (C=O) groups is 1. The summed E-state index contributed by atoms with van der Waals surface area (Å²) in [6, 6.07) is 13.2. The van der Waals surface area contributed by atoms with Crippen molar-refractivity contribution in [2.24, 2.45) is 0 Å². The molecular formula is C20H25N3O3. The van der Waals surface area contributed by atoms with Gasteiger partial charge in [-0.3, -0.25) is 4.98 Å². The molecule has 1 aliphatic rings. The van der Waals surface area contributed by atoms with Crippen molar-refractivity contribution in [1.82, 2.24) is 9.88 Å². The van der Waals surface area contributed by atoms with Gasteiger partial charge in [0.15, 0.2) is 0 Å². The Kier molecular flexibility index (Phi) is 6.44. The number of urea groups is 1. The molecule has 0 saturated carbocycles. The Morgan fingerprint density at radius 3 is 2.92 bits per heavy atom. The Labute approximate surface area is 154 Å². The molecule has 2 amide bonds. The Morgan fingerprint density at radius 1 is 1.27 bits per heavy atom. The maximum atomic E-state index is 12.6. The van der Waals surface area contributed by atoms with E-state index in [-0.39, 0.29) is 12.1 Å². The minimum Gasteiger partial charge on any atom is -0.491 e. The van der Waals surface area contributed by atoms with Gasteiger partial charge < -0.3 is 19.7 Å². The summed E-state index contributed by atoms with van der Waals surface area (Å²) in [7, 11) is 1.69. The quantitative estimate of drug-likeness (QED) is 0.863. The van der Waals surface area contributed by atoms with Crippen molar-refractivity contribution in [3.8, 4) is 5.75 Å². The summed E-state index contributed by atoms with van der Waals surface area (Å²) in [4.78, 5) is 18.7. The Morgan fingerprint density at radius 2 is 2.12 bits per heavy atom. The van der Waals surface area contributed by atoms with Crippen LogP contribution in [0.25, 0.3) is 0 Å². The summed E-state index contributed by atoms with van der Waals surface area (Å²) in [5, 5.41) is 2.96. The van der Waals surface area contributed by atoms with Crippen LogP contribution in [0.3, 0.4) is 0 Å². The summed E-state index contributed by atoms with van der Waals surface area (Å²) < 4.78 is 11.3. The number of anilines is 1. The van der Waals surface area contributed by atoms with Crippen LogP contribution in [0.2, 0.25) is 0 Å². The van der Waals surface area contributed by atoms with E-state index in [2.05, 4.69) is 10.3 Å². The number of benzene rings is 1. The lowest BCUT2D eigenvalue weighted by Crippen LogP contribution is -2.44. The molecule has 1 saturated heterocycles. The van der Waals surface area contributed by atoms with Crippen molar-refractivity contribution < 1.29 is 14.3 Å². The number of nitrogens with one attached hydrogen (secondary N) is 1. The Bertz CT molecular complexity index is 708. The average Bonchev–Trinajstić information content (AvgIpc) is 2.70. The predicted octanol–water partition coefficient (Wildman–Crippen LogP) is 3.35. The molecule has 1 fully saturated rings. The van der Waals surface area contributed by atoms with Crippen molar-refractivity contribution in [2.75, 3.05) is 32.1 Å². The molecule has 2 aromatic rings. The Hall–Kier alpha value is -2.60. The van der Waals surface area contributed by atoms with Crippen molar-refractivity contribution >= 4 is 11.7 Å². The molecular weight excluding hydrogens is 330 g/mol. The van der Waals surface area contributed by atoms with Crippen LogP contribution in [0.1, 0.15) is 18.5 Å². The monoisotopic (exact) mass is 355 g/mol. The average molecular weight is 355 g/mol. The fourth-order valence-corrected chi connectivity index (χ4v) is 3.02. The van der Waals surface area contributed by atoms with Crippen molar-refractivity contribution in [2.45, 2.75) is 25.4 Å². The molecule has 1 aromatic heterocycles. The zero-order chi connectivity index (χ0) is 18.2. The number of carbonyl (C=O) groups excluding carboxylic acids is 1. The van der Waals surface area contributed by atoms with Gasteiger partial charge in [0.2, 0.25) is 0 Å². The zero-order valence-electron chi connectivity index (χ0n) is 15.1. The van der Waals surface area contributed by atoms with Gasteiger partial charge in [0.25, 0.3) is 0 Å². The minimum atomic E-state index is -0.118. The van der Waals surface area contributed by atoms with E-state index in [0.717, 1.165) is 25.1 Å². The highest BCUT2D eigenvalue weighted by Gasteiger charge is 2.23. The van der Waals surface area contributed by atoms with Gasteiger partial charge in [-0.15, -0.1) is 0 Å². The number of amides is 2. The standard InChI is InChI=1S/C20H25N3O3/c1-25-17-8-6-13-23(15-17)20(24)22-18-9-2-3-10-19(18)26-14-11-16-7-4-5-12-21-16/h2-5,7,9-10,12,17H,6,8,11,13-15H2,1H3,(H,22,24)/t17-/m1/s1. The highest BCUT2D eigenvalue weighted by atomic mass is 16.5. The van der Waals surface area contributed by atoms with Crippen LogP contribution in [0.4, 0.5) is 10.5 Å². The van der Waals surface area contributed by atoms with Crippen LogP contribution in [-0.2, 0) is 11.2 Å². The summed E-state index contributed by atoms with van der Waals surface area (Å²) >= 11 is 0. The number of nitrogens with zero attached hydrogens (tertiary/aromatic N) is 2. The minimum absolute atomic E-state index is 0.111. The number of pyridine rings is 1. The van der Waals surface area contributed by atoms with E-state index < -0.39 is 0 Å². The molecule has 138 valence electrons. The van der Waals surface area contributed by atoms with Crippen LogP contribution < -0.4 is 10.1 Å². The lowest BCUT2D eigenvalue weighted by Gasteiger charge is -2.32. The van der Waals surface area contributed by atoms with Crippen LogP contribution in [-0.4, -0.2) is 48.8 Å². The number of hydrogen-bond acceptors (Lipinski definition) is 4. The van der Waals surface area contributed by atoms with Gasteiger partial charge in [-0.1, -0.05) is 18.2 Å². The topological polar surface area (TPSA) is 63.7 Å². The Balaban J connectivity index is 1.57. The number of aromatic nitrogens is 1. The van der Waals surface area contributed by atoms with E-state index in [1.807, 2.05) is 42.5 Å². The van der Waals surface area contributed by atoms with Crippen LogP contribution >= 0.6 is 0 Å². The number of rotatable bonds is 6. The van der Waals surface area contributed by atoms with Crippen LogP contribution in [0.5, 0.6) is 5.75 Å². The molecule has 1 N–H and O–H groups in total. The van der Waals surface area contributed by atoms with Crippen molar-refractivity contribution in [1.29, 1.82) is 0 Å². The maximum absolute atomic E-state index is 12.6. The van der Waals surface area contributed by atoms with Crippen LogP contribution in [0, 0.1) is 0 Å². The number of para-hydroxylation sites is 2. The van der Waals surface area contributed by atoms with Crippen LogP contribution in [0.15, 0.2) is 48.7 Å². The van der Waals surface area contributed by atoms with Gasteiger partial charge in [0, 0.05) is 38.5 Å². The normalized spacial score (nSPS) is 17.0. The second-order valence-electron chi connectivity index (χ2n) is 6.29. The second kappa shape index (κ2) is 9.20. The third-order valence-corrected chi connectivity index (χ3v) is 4.47. The van der Waals surface area contributed by atoms with Gasteiger partial charge in [0.05, 0.1) is 18.4 Å². The van der Waals surface area contributed by atoms with Gasteiger partial charge >= 0.3 is 6.03 Å². The maximum Gasteiger partial charge on any atom is 0.322 e. The van der Waals surface area contributed by atoms with E-state index in [0.29, 0.717) is 31.0 Å². The number of likely N-dealkylation sites (tertiary alicyclic amines) is 1. The first-order valence-corrected chi connectivity index (χ1v) is 8.96. The first kappa shape index (κ1) is 18.2. The van der Waals surface area contributed by atoms with Gasteiger partial charge in [-0.25, -0.2) is 4.79 Å². The fraction of sp³-hybridized carbons (Fsp3) is 0.400. The largest absolute Gasteiger partial charge is 0.491 e. The highest BCUT2D eigenvalue weighted by Crippen LogP contribution is 2.25. The number of methoxy groups -OCH3 is 1. The van der Waals surface area contributed by atoms with Gasteiger partial charge in [-0.05, 0) is 37.1 Å². The molecule has 0 unspecified atom stereocenters. The molecule has 0 radical (unpaired) electrons.